The van der Waals surface area contributed by atoms with Crippen molar-refractivity contribution in [3.63, 3.8) is 0 Å². The van der Waals surface area contributed by atoms with Crippen molar-refractivity contribution in [3.8, 4) is 0 Å². The number of unbranched alkanes of at least 4 members (excludes halogenated alkanes) is 1. The molecular formula is C13H24N2. The molecule has 86 valence electrons. The van der Waals surface area contributed by atoms with Crippen LogP contribution in [0.4, 0.5) is 0 Å². The predicted molar refractivity (Wildman–Crippen MR) is 65.2 cm³/mol. The highest BCUT2D eigenvalue weighted by Crippen LogP contribution is 2.22. The standard InChI is InChI=1S/C13H24N2/c1-6-8-9-15-11(7-2)10-12(14-15)13(3,4)5/h10H,6-9H2,1-5H3. The molecule has 0 aliphatic rings. The van der Waals surface area contributed by atoms with E-state index in [0.717, 1.165) is 13.0 Å². The lowest BCUT2D eigenvalue weighted by molar-refractivity contribution is 0.511. The second kappa shape index (κ2) is 4.82. The van der Waals surface area contributed by atoms with Crippen molar-refractivity contribution in [1.82, 2.24) is 9.78 Å². The highest BCUT2D eigenvalue weighted by Gasteiger charge is 2.18. The zero-order valence-corrected chi connectivity index (χ0v) is 10.8. The van der Waals surface area contributed by atoms with Crippen LogP contribution in [-0.4, -0.2) is 9.78 Å². The smallest absolute Gasteiger partial charge is 0.0680 e. The molecule has 1 rings (SSSR count). The Kier molecular flexibility index (Phi) is 3.95. The Balaban J connectivity index is 2.90. The topological polar surface area (TPSA) is 17.8 Å². The van der Waals surface area contributed by atoms with Crippen molar-refractivity contribution in [2.24, 2.45) is 0 Å². The van der Waals surface area contributed by atoms with E-state index in [2.05, 4.69) is 45.4 Å². The fourth-order valence-corrected chi connectivity index (χ4v) is 1.61. The van der Waals surface area contributed by atoms with E-state index in [0.29, 0.717) is 0 Å². The number of hydrogen-bond donors (Lipinski definition) is 0. The van der Waals surface area contributed by atoms with E-state index in [1.807, 2.05) is 0 Å². The maximum atomic E-state index is 4.71. The summed E-state index contributed by atoms with van der Waals surface area (Å²) in [5.41, 5.74) is 2.75. The molecule has 1 aromatic rings. The molecule has 0 aliphatic carbocycles. The summed E-state index contributed by atoms with van der Waals surface area (Å²) in [5.74, 6) is 0. The van der Waals surface area contributed by atoms with Gasteiger partial charge in [-0.15, -0.1) is 0 Å². The van der Waals surface area contributed by atoms with Gasteiger partial charge in [-0.2, -0.15) is 5.10 Å². The number of nitrogens with zero attached hydrogens (tertiary/aromatic N) is 2. The molecule has 0 amide bonds. The summed E-state index contributed by atoms with van der Waals surface area (Å²) in [6.07, 6.45) is 3.53. The van der Waals surface area contributed by atoms with Crippen molar-refractivity contribution in [2.75, 3.05) is 0 Å². The van der Waals surface area contributed by atoms with Gasteiger partial charge in [0.15, 0.2) is 0 Å². The summed E-state index contributed by atoms with van der Waals surface area (Å²) in [7, 11) is 0. The van der Waals surface area contributed by atoms with Crippen molar-refractivity contribution in [1.29, 1.82) is 0 Å². The average molecular weight is 208 g/mol. The molecule has 2 nitrogen and oxygen atoms in total. The van der Waals surface area contributed by atoms with Gasteiger partial charge in [0.05, 0.1) is 5.69 Å². The third-order valence-electron chi connectivity index (χ3n) is 2.72. The number of aromatic nitrogens is 2. The molecule has 0 radical (unpaired) electrons. The maximum Gasteiger partial charge on any atom is 0.0680 e. The van der Waals surface area contributed by atoms with Gasteiger partial charge in [-0.05, 0) is 18.9 Å². The highest BCUT2D eigenvalue weighted by molar-refractivity contribution is 5.17. The van der Waals surface area contributed by atoms with Gasteiger partial charge in [-0.3, -0.25) is 4.68 Å². The van der Waals surface area contributed by atoms with Gasteiger partial charge in [-0.25, -0.2) is 0 Å². The summed E-state index contributed by atoms with van der Waals surface area (Å²) in [6, 6.07) is 2.26. The zero-order chi connectivity index (χ0) is 11.5. The summed E-state index contributed by atoms with van der Waals surface area (Å²) in [4.78, 5) is 0. The minimum absolute atomic E-state index is 0.168. The first-order valence-corrected chi connectivity index (χ1v) is 6.06. The molecule has 0 bridgehead atoms. The Morgan fingerprint density at radius 2 is 1.93 bits per heavy atom. The molecule has 2 heteroatoms. The molecule has 0 saturated carbocycles. The van der Waals surface area contributed by atoms with Crippen LogP contribution >= 0.6 is 0 Å². The number of rotatable bonds is 4. The lowest BCUT2D eigenvalue weighted by Gasteiger charge is -2.14. The molecule has 0 saturated heterocycles. The summed E-state index contributed by atoms with van der Waals surface area (Å²) in [6.45, 7) is 12.2. The van der Waals surface area contributed by atoms with E-state index >= 15 is 0 Å². The second-order valence-electron chi connectivity index (χ2n) is 5.20. The predicted octanol–water partition coefficient (Wildman–Crippen LogP) is 3.54. The van der Waals surface area contributed by atoms with Crippen LogP contribution in [0, 0.1) is 0 Å². The third kappa shape index (κ3) is 3.08. The van der Waals surface area contributed by atoms with E-state index in [4.69, 9.17) is 5.10 Å². The molecule has 0 spiro atoms. The molecule has 1 heterocycles. The Bertz CT molecular complexity index is 305. The minimum Gasteiger partial charge on any atom is -0.269 e. The fraction of sp³-hybridized carbons (Fsp3) is 0.769. The van der Waals surface area contributed by atoms with Gasteiger partial charge >= 0.3 is 0 Å². The normalized spacial score (nSPS) is 12.1. The lowest BCUT2D eigenvalue weighted by Crippen LogP contribution is -2.13. The fourth-order valence-electron chi connectivity index (χ4n) is 1.61. The third-order valence-corrected chi connectivity index (χ3v) is 2.72. The average Bonchev–Trinajstić information content (AvgIpc) is 2.57. The van der Waals surface area contributed by atoms with Crippen LogP contribution in [0.5, 0.6) is 0 Å². The minimum atomic E-state index is 0.168. The highest BCUT2D eigenvalue weighted by atomic mass is 15.3. The first kappa shape index (κ1) is 12.3. The van der Waals surface area contributed by atoms with E-state index in [9.17, 15) is 0 Å². The summed E-state index contributed by atoms with van der Waals surface area (Å²) in [5, 5.41) is 4.71. The Morgan fingerprint density at radius 1 is 1.27 bits per heavy atom. The first-order valence-electron chi connectivity index (χ1n) is 6.06. The van der Waals surface area contributed by atoms with Crippen molar-refractivity contribution >= 4 is 0 Å². The molecule has 0 fully saturated rings. The Hall–Kier alpha value is -0.790. The molecule has 0 N–H and O–H groups in total. The molecule has 0 aromatic carbocycles. The number of aryl methyl sites for hydroxylation is 2. The Labute approximate surface area is 93.7 Å². The maximum absolute atomic E-state index is 4.71. The van der Waals surface area contributed by atoms with Crippen LogP contribution < -0.4 is 0 Å². The van der Waals surface area contributed by atoms with Crippen LogP contribution in [0.3, 0.4) is 0 Å². The van der Waals surface area contributed by atoms with Crippen LogP contribution in [0.1, 0.15) is 58.8 Å². The summed E-state index contributed by atoms with van der Waals surface area (Å²) < 4.78 is 2.18. The van der Waals surface area contributed by atoms with E-state index in [1.54, 1.807) is 0 Å². The van der Waals surface area contributed by atoms with Crippen molar-refractivity contribution in [2.45, 2.75) is 65.8 Å². The van der Waals surface area contributed by atoms with E-state index < -0.39 is 0 Å². The van der Waals surface area contributed by atoms with Gasteiger partial charge in [0, 0.05) is 17.7 Å². The lowest BCUT2D eigenvalue weighted by atomic mass is 9.92. The summed E-state index contributed by atoms with van der Waals surface area (Å²) >= 11 is 0. The monoisotopic (exact) mass is 208 g/mol. The molecular weight excluding hydrogens is 184 g/mol. The van der Waals surface area contributed by atoms with Crippen molar-refractivity contribution < 1.29 is 0 Å². The zero-order valence-electron chi connectivity index (χ0n) is 10.8. The van der Waals surface area contributed by atoms with Crippen molar-refractivity contribution in [3.05, 3.63) is 17.5 Å². The molecule has 0 unspecified atom stereocenters. The molecule has 1 aromatic heterocycles. The molecule has 0 atom stereocenters. The second-order valence-corrected chi connectivity index (χ2v) is 5.20. The quantitative estimate of drug-likeness (QED) is 0.740. The molecule has 15 heavy (non-hydrogen) atoms. The van der Waals surface area contributed by atoms with Crippen LogP contribution in [-0.2, 0) is 18.4 Å². The van der Waals surface area contributed by atoms with Gasteiger partial charge in [0.2, 0.25) is 0 Å². The molecule has 0 aliphatic heterocycles. The first-order chi connectivity index (χ1) is 6.99. The van der Waals surface area contributed by atoms with Gasteiger partial charge in [0.1, 0.15) is 0 Å². The van der Waals surface area contributed by atoms with E-state index in [1.165, 1.54) is 24.2 Å². The number of hydrogen-bond acceptors (Lipinski definition) is 1. The van der Waals surface area contributed by atoms with E-state index in [-0.39, 0.29) is 5.41 Å². The SMILES string of the molecule is CCCCn1nc(C(C)(C)C)cc1CC. The van der Waals surface area contributed by atoms with Crippen LogP contribution in [0.2, 0.25) is 0 Å². The van der Waals surface area contributed by atoms with Crippen LogP contribution in [0.25, 0.3) is 0 Å². The Morgan fingerprint density at radius 3 is 2.40 bits per heavy atom. The van der Waals surface area contributed by atoms with Gasteiger partial charge < -0.3 is 0 Å². The van der Waals surface area contributed by atoms with Gasteiger partial charge in [0.25, 0.3) is 0 Å². The van der Waals surface area contributed by atoms with Crippen LogP contribution in [0.15, 0.2) is 6.07 Å². The van der Waals surface area contributed by atoms with Gasteiger partial charge in [-0.1, -0.05) is 41.0 Å². The largest absolute Gasteiger partial charge is 0.269 e.